The second-order valence-corrected chi connectivity index (χ2v) is 14.3. The number of nitrogens with zero attached hydrogens (tertiary/aromatic N) is 6. The summed E-state index contributed by atoms with van der Waals surface area (Å²) in [6.07, 6.45) is 0. The lowest BCUT2D eigenvalue weighted by Gasteiger charge is -2.10. The van der Waals surface area contributed by atoms with Crippen LogP contribution in [0, 0.1) is 0 Å². The molecule has 10 rings (SSSR count). The van der Waals surface area contributed by atoms with Gasteiger partial charge in [0.25, 0.3) is 0 Å². The molecule has 0 aliphatic carbocycles. The fraction of sp³-hybridized carbons (Fsp3) is 0. The zero-order chi connectivity index (χ0) is 36.6. The standard InChI is InChI=1S/C48H30N6S/c1-5-14-31(15-6-1)43-49-44(32-16-7-2-8-17-32)52-47(51-43)37-23-13-22-35(28-37)36-25-27-41-40(29-36)39-26-24-38(30-42(39)55-41)48-53-45(33-18-9-3-10-19-33)50-46(54-48)34-20-11-4-12-21-34/h1-30H. The zero-order valence-electron chi connectivity index (χ0n) is 29.4. The molecule has 0 amide bonds. The molecule has 3 heterocycles. The fourth-order valence-corrected chi connectivity index (χ4v) is 7.93. The van der Waals surface area contributed by atoms with E-state index >= 15 is 0 Å². The summed E-state index contributed by atoms with van der Waals surface area (Å²) in [6, 6.07) is 61.9. The highest BCUT2D eigenvalue weighted by Gasteiger charge is 2.16. The van der Waals surface area contributed by atoms with E-state index < -0.39 is 0 Å². The van der Waals surface area contributed by atoms with Crippen LogP contribution < -0.4 is 0 Å². The average Bonchev–Trinajstić information content (AvgIpc) is 3.64. The van der Waals surface area contributed by atoms with Gasteiger partial charge in [-0.1, -0.05) is 158 Å². The highest BCUT2D eigenvalue weighted by Crippen LogP contribution is 2.39. The maximum atomic E-state index is 4.96. The highest BCUT2D eigenvalue weighted by atomic mass is 32.1. The molecule has 0 N–H and O–H groups in total. The Kier molecular flexibility index (Phi) is 8.24. The first-order valence-electron chi connectivity index (χ1n) is 18.0. The molecule has 0 bridgehead atoms. The monoisotopic (exact) mass is 722 g/mol. The van der Waals surface area contributed by atoms with Gasteiger partial charge in [0.1, 0.15) is 0 Å². The van der Waals surface area contributed by atoms with Crippen molar-refractivity contribution in [2.45, 2.75) is 0 Å². The average molecular weight is 723 g/mol. The van der Waals surface area contributed by atoms with Crippen molar-refractivity contribution in [1.29, 1.82) is 0 Å². The molecule has 0 saturated carbocycles. The Balaban J connectivity index is 1.03. The van der Waals surface area contributed by atoms with Crippen LogP contribution >= 0.6 is 11.3 Å². The van der Waals surface area contributed by atoms with E-state index in [1.807, 2.05) is 121 Å². The Morgan fingerprint density at radius 1 is 0.236 bits per heavy atom. The number of rotatable bonds is 7. The van der Waals surface area contributed by atoms with Crippen LogP contribution in [0.2, 0.25) is 0 Å². The highest BCUT2D eigenvalue weighted by molar-refractivity contribution is 7.25. The van der Waals surface area contributed by atoms with Crippen LogP contribution in [-0.4, -0.2) is 29.9 Å². The Morgan fingerprint density at radius 3 is 1.07 bits per heavy atom. The molecule has 0 aliphatic rings. The summed E-state index contributed by atoms with van der Waals surface area (Å²) in [5.74, 6) is 3.87. The first-order valence-corrected chi connectivity index (χ1v) is 18.8. The summed E-state index contributed by atoms with van der Waals surface area (Å²) in [7, 11) is 0. The Labute approximate surface area is 321 Å². The smallest absolute Gasteiger partial charge is 0.164 e. The maximum Gasteiger partial charge on any atom is 0.164 e. The predicted molar refractivity (Wildman–Crippen MR) is 224 cm³/mol. The second-order valence-electron chi connectivity index (χ2n) is 13.2. The molecule has 55 heavy (non-hydrogen) atoms. The number of aromatic nitrogens is 6. The summed E-state index contributed by atoms with van der Waals surface area (Å²) in [5.41, 5.74) is 7.88. The summed E-state index contributed by atoms with van der Waals surface area (Å²) < 4.78 is 2.39. The molecule has 0 radical (unpaired) electrons. The van der Waals surface area contributed by atoms with Gasteiger partial charge in [-0.15, -0.1) is 11.3 Å². The van der Waals surface area contributed by atoms with Crippen LogP contribution in [-0.2, 0) is 0 Å². The van der Waals surface area contributed by atoms with E-state index in [1.54, 1.807) is 11.3 Å². The maximum absolute atomic E-state index is 4.96. The molecule has 0 spiro atoms. The lowest BCUT2D eigenvalue weighted by atomic mass is 10.0. The van der Waals surface area contributed by atoms with Crippen molar-refractivity contribution >= 4 is 31.5 Å². The number of benzene rings is 7. The quantitative estimate of drug-likeness (QED) is 0.163. The van der Waals surface area contributed by atoms with E-state index in [0.717, 1.165) is 44.5 Å². The van der Waals surface area contributed by atoms with Crippen molar-refractivity contribution in [2.24, 2.45) is 0 Å². The van der Waals surface area contributed by atoms with Gasteiger partial charge in [-0.3, -0.25) is 0 Å². The van der Waals surface area contributed by atoms with Gasteiger partial charge in [0.15, 0.2) is 34.9 Å². The minimum atomic E-state index is 0.633. The van der Waals surface area contributed by atoms with Gasteiger partial charge in [0.2, 0.25) is 0 Å². The molecule has 3 aromatic heterocycles. The number of hydrogen-bond acceptors (Lipinski definition) is 7. The minimum Gasteiger partial charge on any atom is -0.208 e. The van der Waals surface area contributed by atoms with Crippen LogP contribution in [0.25, 0.3) is 99.6 Å². The topological polar surface area (TPSA) is 77.3 Å². The molecule has 0 unspecified atom stereocenters. The first-order chi connectivity index (χ1) is 27.2. The first kappa shape index (κ1) is 32.4. The fourth-order valence-electron chi connectivity index (χ4n) is 6.81. The van der Waals surface area contributed by atoms with Crippen LogP contribution in [0.4, 0.5) is 0 Å². The molecule has 10 aromatic rings. The van der Waals surface area contributed by atoms with Gasteiger partial charge in [0, 0.05) is 53.6 Å². The van der Waals surface area contributed by atoms with Gasteiger partial charge < -0.3 is 0 Å². The van der Waals surface area contributed by atoms with Gasteiger partial charge in [0.05, 0.1) is 0 Å². The van der Waals surface area contributed by atoms with E-state index in [-0.39, 0.29) is 0 Å². The van der Waals surface area contributed by atoms with Gasteiger partial charge in [-0.05, 0) is 35.4 Å². The summed E-state index contributed by atoms with van der Waals surface area (Å²) in [4.78, 5) is 29.6. The third kappa shape index (κ3) is 6.43. The van der Waals surface area contributed by atoms with Gasteiger partial charge >= 0.3 is 0 Å². The van der Waals surface area contributed by atoms with Gasteiger partial charge in [-0.2, -0.15) is 0 Å². The van der Waals surface area contributed by atoms with Crippen LogP contribution in [0.3, 0.4) is 0 Å². The summed E-state index contributed by atoms with van der Waals surface area (Å²) >= 11 is 1.78. The summed E-state index contributed by atoms with van der Waals surface area (Å²) in [5, 5.41) is 2.40. The van der Waals surface area contributed by atoms with E-state index in [2.05, 4.69) is 60.7 Å². The lowest BCUT2D eigenvalue weighted by molar-refractivity contribution is 1.07. The molecule has 7 heteroatoms. The Morgan fingerprint density at radius 2 is 0.600 bits per heavy atom. The molecule has 0 aliphatic heterocycles. The summed E-state index contributed by atoms with van der Waals surface area (Å²) in [6.45, 7) is 0. The van der Waals surface area contributed by atoms with Crippen molar-refractivity contribution in [3.63, 3.8) is 0 Å². The van der Waals surface area contributed by atoms with E-state index in [4.69, 9.17) is 29.9 Å². The molecule has 7 aromatic carbocycles. The van der Waals surface area contributed by atoms with Crippen molar-refractivity contribution in [3.8, 4) is 79.5 Å². The minimum absolute atomic E-state index is 0.633. The number of hydrogen-bond donors (Lipinski definition) is 0. The molecule has 0 atom stereocenters. The lowest BCUT2D eigenvalue weighted by Crippen LogP contribution is -2.00. The van der Waals surface area contributed by atoms with Crippen LogP contribution in [0.15, 0.2) is 182 Å². The molecular weight excluding hydrogens is 693 g/mol. The van der Waals surface area contributed by atoms with E-state index in [9.17, 15) is 0 Å². The molecule has 258 valence electrons. The Hall–Kier alpha value is -7.22. The third-order valence-electron chi connectivity index (χ3n) is 9.58. The molecule has 6 nitrogen and oxygen atoms in total. The third-order valence-corrected chi connectivity index (χ3v) is 10.7. The largest absolute Gasteiger partial charge is 0.208 e. The SMILES string of the molecule is c1ccc(-c2nc(-c3ccccc3)nc(-c3cccc(-c4ccc5sc6cc(-c7nc(-c8ccccc8)nc(-c8ccccc8)n7)ccc6c5c4)c3)n2)cc1. The van der Waals surface area contributed by atoms with Crippen LogP contribution in [0.1, 0.15) is 0 Å². The van der Waals surface area contributed by atoms with Gasteiger partial charge in [-0.25, -0.2) is 29.9 Å². The van der Waals surface area contributed by atoms with E-state index in [1.165, 1.54) is 20.2 Å². The molecular formula is C48H30N6S. The van der Waals surface area contributed by atoms with E-state index in [0.29, 0.717) is 34.9 Å². The van der Waals surface area contributed by atoms with Crippen molar-refractivity contribution in [2.75, 3.05) is 0 Å². The molecule has 0 fully saturated rings. The van der Waals surface area contributed by atoms with Crippen molar-refractivity contribution < 1.29 is 0 Å². The number of thiophene rings is 1. The van der Waals surface area contributed by atoms with Crippen molar-refractivity contribution in [1.82, 2.24) is 29.9 Å². The molecule has 0 saturated heterocycles. The normalized spacial score (nSPS) is 11.3. The van der Waals surface area contributed by atoms with Crippen LogP contribution in [0.5, 0.6) is 0 Å². The number of fused-ring (bicyclic) bond motifs is 3. The second kappa shape index (κ2) is 14.0. The predicted octanol–water partition coefficient (Wildman–Crippen LogP) is 12.1. The Bertz CT molecular complexity index is 2850. The zero-order valence-corrected chi connectivity index (χ0v) is 30.2. The van der Waals surface area contributed by atoms with Crippen molar-refractivity contribution in [3.05, 3.63) is 182 Å².